The Hall–Kier alpha value is -1.61. The van der Waals surface area contributed by atoms with E-state index < -0.39 is 0 Å². The van der Waals surface area contributed by atoms with Gasteiger partial charge in [0.25, 0.3) is 5.56 Å². The molecule has 0 aliphatic rings. The number of pyridine rings is 2. The van der Waals surface area contributed by atoms with E-state index in [1.165, 1.54) is 0 Å². The van der Waals surface area contributed by atoms with Crippen LogP contribution in [0.4, 0.5) is 0 Å². The second kappa shape index (κ2) is 4.49. The quantitative estimate of drug-likeness (QED) is 0.747. The molecule has 0 fully saturated rings. The number of nitrogens with zero attached hydrogens (tertiary/aromatic N) is 2. The Bertz CT molecular complexity index is 563. The van der Waals surface area contributed by atoms with E-state index in [0.717, 1.165) is 11.1 Å². The molecular formula is C12H11ClN2O. The van der Waals surface area contributed by atoms with Crippen LogP contribution in [0.2, 0.25) is 5.15 Å². The predicted molar refractivity (Wildman–Crippen MR) is 63.8 cm³/mol. The summed E-state index contributed by atoms with van der Waals surface area (Å²) in [4.78, 5) is 15.7. The summed E-state index contributed by atoms with van der Waals surface area (Å²) in [5, 5.41) is 0.443. The molecule has 2 heterocycles. The van der Waals surface area contributed by atoms with Crippen molar-refractivity contribution in [1.82, 2.24) is 9.55 Å². The Morgan fingerprint density at radius 3 is 3.00 bits per heavy atom. The van der Waals surface area contributed by atoms with Crippen LogP contribution in [0.5, 0.6) is 0 Å². The van der Waals surface area contributed by atoms with Gasteiger partial charge in [0.2, 0.25) is 0 Å². The third-order valence-electron chi connectivity index (χ3n) is 2.35. The summed E-state index contributed by atoms with van der Waals surface area (Å²) in [5.41, 5.74) is 1.73. The van der Waals surface area contributed by atoms with Gasteiger partial charge in [-0.3, -0.25) is 4.79 Å². The molecule has 4 heteroatoms. The summed E-state index contributed by atoms with van der Waals surface area (Å²) in [7, 11) is 0. The van der Waals surface area contributed by atoms with Gasteiger partial charge in [0.05, 0.1) is 6.54 Å². The molecule has 82 valence electrons. The molecule has 16 heavy (non-hydrogen) atoms. The summed E-state index contributed by atoms with van der Waals surface area (Å²) in [6, 6.07) is 7.27. The van der Waals surface area contributed by atoms with Crippen molar-refractivity contribution < 1.29 is 0 Å². The van der Waals surface area contributed by atoms with E-state index in [1.54, 1.807) is 36.0 Å². The number of aryl methyl sites for hydroxylation is 1. The monoisotopic (exact) mass is 234 g/mol. The molecule has 0 aliphatic carbocycles. The molecule has 0 bridgehead atoms. The van der Waals surface area contributed by atoms with Crippen LogP contribution in [0.3, 0.4) is 0 Å². The van der Waals surface area contributed by atoms with Gasteiger partial charge in [-0.25, -0.2) is 4.98 Å². The number of hydrogen-bond donors (Lipinski definition) is 0. The normalized spacial score (nSPS) is 10.4. The minimum absolute atomic E-state index is 0.0236. The third kappa shape index (κ3) is 2.31. The van der Waals surface area contributed by atoms with Crippen molar-refractivity contribution in [3.05, 3.63) is 63.3 Å². The predicted octanol–water partition coefficient (Wildman–Crippen LogP) is 2.25. The molecule has 0 atom stereocenters. The zero-order chi connectivity index (χ0) is 11.5. The highest BCUT2D eigenvalue weighted by molar-refractivity contribution is 6.29. The molecule has 0 saturated heterocycles. The maximum atomic E-state index is 11.8. The highest BCUT2D eigenvalue weighted by Gasteiger charge is 2.00. The van der Waals surface area contributed by atoms with Gasteiger partial charge in [0, 0.05) is 18.0 Å². The first-order valence-electron chi connectivity index (χ1n) is 4.93. The summed E-state index contributed by atoms with van der Waals surface area (Å²) < 4.78 is 1.65. The number of hydrogen-bond acceptors (Lipinski definition) is 2. The van der Waals surface area contributed by atoms with Crippen molar-refractivity contribution >= 4 is 11.6 Å². The fraction of sp³-hybridized carbons (Fsp3) is 0.167. The van der Waals surface area contributed by atoms with Gasteiger partial charge in [-0.05, 0) is 30.7 Å². The van der Waals surface area contributed by atoms with Crippen molar-refractivity contribution in [3.63, 3.8) is 0 Å². The zero-order valence-corrected chi connectivity index (χ0v) is 9.61. The number of halogens is 1. The summed E-state index contributed by atoms with van der Waals surface area (Å²) in [6.07, 6.45) is 3.40. The smallest absolute Gasteiger partial charge is 0.253 e. The van der Waals surface area contributed by atoms with Crippen LogP contribution in [-0.2, 0) is 6.54 Å². The summed E-state index contributed by atoms with van der Waals surface area (Å²) in [6.45, 7) is 2.32. The molecule has 0 saturated carbocycles. The number of rotatable bonds is 2. The zero-order valence-electron chi connectivity index (χ0n) is 8.85. The standard InChI is InChI=1S/C12H11ClN2O/c1-9-3-2-6-15(12(9)16)8-10-4-5-14-11(13)7-10/h2-7H,8H2,1H3. The molecule has 0 spiro atoms. The highest BCUT2D eigenvalue weighted by atomic mass is 35.5. The van der Waals surface area contributed by atoms with Gasteiger partial charge in [-0.1, -0.05) is 17.7 Å². The van der Waals surface area contributed by atoms with Crippen molar-refractivity contribution in [2.75, 3.05) is 0 Å². The molecule has 3 nitrogen and oxygen atoms in total. The molecule has 0 N–H and O–H groups in total. The second-order valence-corrected chi connectivity index (χ2v) is 4.00. The molecule has 2 aromatic rings. The van der Waals surface area contributed by atoms with Gasteiger partial charge < -0.3 is 4.57 Å². The van der Waals surface area contributed by atoms with Gasteiger partial charge >= 0.3 is 0 Å². The topological polar surface area (TPSA) is 34.9 Å². The summed E-state index contributed by atoms with van der Waals surface area (Å²) in [5.74, 6) is 0. The van der Waals surface area contributed by atoms with Crippen molar-refractivity contribution in [2.45, 2.75) is 13.5 Å². The molecule has 2 rings (SSSR count). The average Bonchev–Trinajstić information content (AvgIpc) is 2.25. The van der Waals surface area contributed by atoms with Crippen molar-refractivity contribution in [1.29, 1.82) is 0 Å². The molecule has 0 unspecified atom stereocenters. The highest BCUT2D eigenvalue weighted by Crippen LogP contribution is 2.07. The Balaban J connectivity index is 2.34. The molecular weight excluding hydrogens is 224 g/mol. The van der Waals surface area contributed by atoms with E-state index in [1.807, 2.05) is 12.1 Å². The maximum Gasteiger partial charge on any atom is 0.253 e. The van der Waals surface area contributed by atoms with E-state index >= 15 is 0 Å². The van der Waals surface area contributed by atoms with E-state index in [0.29, 0.717) is 11.7 Å². The number of aromatic nitrogens is 2. The van der Waals surface area contributed by atoms with Crippen LogP contribution in [0.1, 0.15) is 11.1 Å². The Kier molecular flexibility index (Phi) is 3.06. The van der Waals surface area contributed by atoms with E-state index in [4.69, 9.17) is 11.6 Å². The van der Waals surface area contributed by atoms with Crippen LogP contribution in [0, 0.1) is 6.92 Å². The minimum Gasteiger partial charge on any atom is -0.311 e. The first kappa shape index (κ1) is 10.9. The third-order valence-corrected chi connectivity index (χ3v) is 2.56. The minimum atomic E-state index is 0.0236. The lowest BCUT2D eigenvalue weighted by atomic mass is 10.2. The van der Waals surface area contributed by atoms with Crippen molar-refractivity contribution in [3.8, 4) is 0 Å². The SMILES string of the molecule is Cc1cccn(Cc2ccnc(Cl)c2)c1=O. The Morgan fingerprint density at radius 1 is 1.44 bits per heavy atom. The largest absolute Gasteiger partial charge is 0.311 e. The fourth-order valence-corrected chi connectivity index (χ4v) is 1.72. The summed E-state index contributed by atoms with van der Waals surface area (Å²) >= 11 is 5.78. The van der Waals surface area contributed by atoms with E-state index in [9.17, 15) is 4.79 Å². The van der Waals surface area contributed by atoms with E-state index in [-0.39, 0.29) is 5.56 Å². The fourth-order valence-electron chi connectivity index (χ4n) is 1.52. The lowest BCUT2D eigenvalue weighted by Crippen LogP contribution is -2.21. The van der Waals surface area contributed by atoms with E-state index in [2.05, 4.69) is 4.98 Å². The van der Waals surface area contributed by atoms with Gasteiger partial charge in [0.15, 0.2) is 0 Å². The van der Waals surface area contributed by atoms with Crippen LogP contribution < -0.4 is 5.56 Å². The van der Waals surface area contributed by atoms with Gasteiger partial charge in [0.1, 0.15) is 5.15 Å². The molecule has 0 aromatic carbocycles. The van der Waals surface area contributed by atoms with Crippen LogP contribution in [0.25, 0.3) is 0 Å². The first-order valence-corrected chi connectivity index (χ1v) is 5.31. The van der Waals surface area contributed by atoms with Crippen LogP contribution in [-0.4, -0.2) is 9.55 Å². The Morgan fingerprint density at radius 2 is 2.25 bits per heavy atom. The second-order valence-electron chi connectivity index (χ2n) is 3.61. The maximum absolute atomic E-state index is 11.8. The molecule has 0 amide bonds. The van der Waals surface area contributed by atoms with Crippen molar-refractivity contribution in [2.24, 2.45) is 0 Å². The van der Waals surface area contributed by atoms with Crippen LogP contribution >= 0.6 is 11.6 Å². The molecule has 0 aliphatic heterocycles. The van der Waals surface area contributed by atoms with Gasteiger partial charge in [-0.15, -0.1) is 0 Å². The molecule has 2 aromatic heterocycles. The average molecular weight is 235 g/mol. The van der Waals surface area contributed by atoms with Gasteiger partial charge in [-0.2, -0.15) is 0 Å². The molecule has 0 radical (unpaired) electrons. The first-order chi connectivity index (χ1) is 7.66. The lowest BCUT2D eigenvalue weighted by Gasteiger charge is -2.06. The Labute approximate surface area is 98.3 Å². The van der Waals surface area contributed by atoms with Crippen LogP contribution in [0.15, 0.2) is 41.5 Å². The lowest BCUT2D eigenvalue weighted by molar-refractivity contribution is 0.751.